The van der Waals surface area contributed by atoms with Gasteiger partial charge in [0.2, 0.25) is 0 Å². The van der Waals surface area contributed by atoms with E-state index in [0.717, 1.165) is 18.9 Å². The standard InChI is InChI=1S/C21H22F5NO3S/c1-11(2)8-14-15(10-31-13-7-5-6-12(9-13)29-3)18(21(24,25)26)27-17(19(22)23)16(14)20(28)30-4/h5-7,9,11,19H,8,10H2,1-4H3. The molecule has 0 saturated carbocycles. The van der Waals surface area contributed by atoms with E-state index in [1.54, 1.807) is 38.1 Å². The second kappa shape index (κ2) is 10.3. The van der Waals surface area contributed by atoms with E-state index >= 15 is 0 Å². The van der Waals surface area contributed by atoms with Crippen molar-refractivity contribution in [3.8, 4) is 5.75 Å². The third-order valence-electron chi connectivity index (χ3n) is 4.34. The van der Waals surface area contributed by atoms with Gasteiger partial charge in [0.25, 0.3) is 6.43 Å². The molecule has 31 heavy (non-hydrogen) atoms. The van der Waals surface area contributed by atoms with E-state index in [1.807, 2.05) is 0 Å². The summed E-state index contributed by atoms with van der Waals surface area (Å²) in [4.78, 5) is 16.1. The summed E-state index contributed by atoms with van der Waals surface area (Å²) in [5, 5.41) is 0. The fraction of sp³-hybridized carbons (Fsp3) is 0.429. The summed E-state index contributed by atoms with van der Waals surface area (Å²) < 4.78 is 78.4. The van der Waals surface area contributed by atoms with Gasteiger partial charge in [0.05, 0.1) is 19.8 Å². The van der Waals surface area contributed by atoms with Crippen molar-refractivity contribution in [1.82, 2.24) is 4.98 Å². The highest BCUT2D eigenvalue weighted by Gasteiger charge is 2.40. The van der Waals surface area contributed by atoms with Crippen molar-refractivity contribution in [2.24, 2.45) is 5.92 Å². The summed E-state index contributed by atoms with van der Waals surface area (Å²) in [6.07, 6.45) is -8.38. The van der Waals surface area contributed by atoms with Crippen LogP contribution in [-0.2, 0) is 23.1 Å². The SMILES string of the molecule is COC(=O)c1c(C(F)F)nc(C(F)(F)F)c(CSc2cccc(OC)c2)c1CC(C)C. The number of nitrogens with zero attached hydrogens (tertiary/aromatic N) is 1. The minimum atomic E-state index is -4.98. The highest BCUT2D eigenvalue weighted by Crippen LogP contribution is 2.40. The van der Waals surface area contributed by atoms with Crippen LogP contribution in [0.4, 0.5) is 22.0 Å². The Kier molecular flexibility index (Phi) is 8.27. The van der Waals surface area contributed by atoms with E-state index < -0.39 is 35.5 Å². The molecular weight excluding hydrogens is 441 g/mol. The third-order valence-corrected chi connectivity index (χ3v) is 5.36. The normalized spacial score (nSPS) is 11.8. The first-order valence-electron chi connectivity index (χ1n) is 9.25. The highest BCUT2D eigenvalue weighted by molar-refractivity contribution is 7.98. The first-order chi connectivity index (χ1) is 14.5. The second-order valence-corrected chi connectivity index (χ2v) is 8.08. The maximum Gasteiger partial charge on any atom is 0.433 e. The summed E-state index contributed by atoms with van der Waals surface area (Å²) in [5.74, 6) is -1.06. The number of alkyl halides is 5. The maximum absolute atomic E-state index is 13.8. The number of methoxy groups -OCH3 is 2. The van der Waals surface area contributed by atoms with Gasteiger partial charge in [-0.2, -0.15) is 13.2 Å². The molecule has 0 radical (unpaired) electrons. The molecule has 1 aromatic heterocycles. The molecule has 0 bridgehead atoms. The Balaban J connectivity index is 2.72. The van der Waals surface area contributed by atoms with Gasteiger partial charge in [-0.3, -0.25) is 0 Å². The smallest absolute Gasteiger partial charge is 0.433 e. The zero-order valence-electron chi connectivity index (χ0n) is 17.3. The molecule has 0 aliphatic heterocycles. The molecule has 10 heteroatoms. The van der Waals surface area contributed by atoms with E-state index in [1.165, 1.54) is 7.11 Å². The van der Waals surface area contributed by atoms with Crippen LogP contribution in [0.5, 0.6) is 5.75 Å². The monoisotopic (exact) mass is 463 g/mol. The van der Waals surface area contributed by atoms with Crippen molar-refractivity contribution in [2.75, 3.05) is 14.2 Å². The Bertz CT molecular complexity index is 932. The Hall–Kier alpha value is -2.36. The van der Waals surface area contributed by atoms with Gasteiger partial charge in [-0.1, -0.05) is 19.9 Å². The van der Waals surface area contributed by atoms with Crippen LogP contribution in [-0.4, -0.2) is 25.2 Å². The van der Waals surface area contributed by atoms with Gasteiger partial charge in [0.1, 0.15) is 17.1 Å². The lowest BCUT2D eigenvalue weighted by Crippen LogP contribution is -2.22. The molecule has 0 aliphatic carbocycles. The molecule has 0 saturated heterocycles. The average molecular weight is 463 g/mol. The average Bonchev–Trinajstić information content (AvgIpc) is 2.70. The molecule has 4 nitrogen and oxygen atoms in total. The predicted octanol–water partition coefficient (Wildman–Crippen LogP) is 6.32. The van der Waals surface area contributed by atoms with Crippen molar-refractivity contribution in [1.29, 1.82) is 0 Å². The second-order valence-electron chi connectivity index (χ2n) is 7.03. The summed E-state index contributed by atoms with van der Waals surface area (Å²) >= 11 is 1.06. The van der Waals surface area contributed by atoms with Gasteiger partial charge in [-0.25, -0.2) is 18.6 Å². The van der Waals surface area contributed by atoms with Crippen molar-refractivity contribution in [3.05, 3.63) is 52.3 Å². The number of carbonyl (C=O) groups excluding carboxylic acids is 1. The van der Waals surface area contributed by atoms with Gasteiger partial charge in [0.15, 0.2) is 0 Å². The molecule has 0 spiro atoms. The van der Waals surface area contributed by atoms with Crippen LogP contribution in [0.3, 0.4) is 0 Å². The van der Waals surface area contributed by atoms with Crippen LogP contribution in [0.1, 0.15) is 53.1 Å². The fourth-order valence-electron chi connectivity index (χ4n) is 3.05. The number of benzene rings is 1. The van der Waals surface area contributed by atoms with Gasteiger partial charge >= 0.3 is 12.1 Å². The van der Waals surface area contributed by atoms with Crippen LogP contribution in [0.25, 0.3) is 0 Å². The van der Waals surface area contributed by atoms with Gasteiger partial charge in [0, 0.05) is 10.6 Å². The number of carbonyl (C=O) groups is 1. The van der Waals surface area contributed by atoms with Crippen LogP contribution < -0.4 is 4.74 Å². The Morgan fingerprint density at radius 1 is 1.16 bits per heavy atom. The largest absolute Gasteiger partial charge is 0.497 e. The predicted molar refractivity (Wildman–Crippen MR) is 107 cm³/mol. The zero-order valence-corrected chi connectivity index (χ0v) is 18.2. The molecule has 2 aromatic rings. The quantitative estimate of drug-likeness (QED) is 0.260. The number of hydrogen-bond donors (Lipinski definition) is 0. The molecule has 1 aromatic carbocycles. The molecule has 0 N–H and O–H groups in total. The molecular formula is C21H22F5NO3S. The topological polar surface area (TPSA) is 48.4 Å². The van der Waals surface area contributed by atoms with E-state index in [-0.39, 0.29) is 29.2 Å². The number of hydrogen-bond acceptors (Lipinski definition) is 5. The molecule has 0 aliphatic rings. The van der Waals surface area contributed by atoms with Crippen LogP contribution in [0.2, 0.25) is 0 Å². The first kappa shape index (κ1) is 24.9. The minimum Gasteiger partial charge on any atom is -0.497 e. The Labute approximate surface area is 181 Å². The van der Waals surface area contributed by atoms with Crippen LogP contribution in [0.15, 0.2) is 29.2 Å². The summed E-state index contributed by atoms with van der Waals surface area (Å²) in [6.45, 7) is 3.44. The van der Waals surface area contributed by atoms with Crippen molar-refractivity contribution in [3.63, 3.8) is 0 Å². The van der Waals surface area contributed by atoms with Crippen molar-refractivity contribution in [2.45, 2.75) is 43.5 Å². The number of aromatic nitrogens is 1. The van der Waals surface area contributed by atoms with Crippen LogP contribution >= 0.6 is 11.8 Å². The lowest BCUT2D eigenvalue weighted by molar-refractivity contribution is -0.142. The summed E-state index contributed by atoms with van der Waals surface area (Å²) in [6, 6.07) is 6.69. The minimum absolute atomic E-state index is 0.0241. The van der Waals surface area contributed by atoms with Gasteiger partial charge in [-0.15, -0.1) is 11.8 Å². The lowest BCUT2D eigenvalue weighted by Gasteiger charge is -2.22. The Morgan fingerprint density at radius 2 is 1.84 bits per heavy atom. The maximum atomic E-state index is 13.8. The van der Waals surface area contributed by atoms with Gasteiger partial charge in [-0.05, 0) is 41.7 Å². The van der Waals surface area contributed by atoms with Crippen LogP contribution in [0, 0.1) is 5.92 Å². The molecule has 170 valence electrons. The first-order valence-corrected chi connectivity index (χ1v) is 10.2. The summed E-state index contributed by atoms with van der Waals surface area (Å²) in [7, 11) is 2.45. The molecule has 0 amide bonds. The fourth-order valence-corrected chi connectivity index (χ4v) is 4.05. The number of pyridine rings is 1. The van der Waals surface area contributed by atoms with Crippen molar-refractivity contribution < 1.29 is 36.2 Å². The number of rotatable bonds is 8. The Morgan fingerprint density at radius 3 is 2.35 bits per heavy atom. The van der Waals surface area contributed by atoms with Gasteiger partial charge < -0.3 is 9.47 Å². The molecule has 2 rings (SSSR count). The molecule has 0 fully saturated rings. The molecule has 0 atom stereocenters. The number of halogens is 5. The zero-order chi connectivity index (χ0) is 23.3. The molecule has 0 unspecified atom stereocenters. The summed E-state index contributed by atoms with van der Waals surface area (Å²) in [5.41, 5.74) is -3.65. The van der Waals surface area contributed by atoms with E-state index in [9.17, 15) is 26.7 Å². The number of thioether (sulfide) groups is 1. The number of esters is 1. The van der Waals surface area contributed by atoms with Crippen molar-refractivity contribution >= 4 is 17.7 Å². The van der Waals surface area contributed by atoms with E-state index in [2.05, 4.69) is 9.72 Å². The third kappa shape index (κ3) is 6.09. The molecule has 1 heterocycles. The van der Waals surface area contributed by atoms with E-state index in [0.29, 0.717) is 10.6 Å². The van der Waals surface area contributed by atoms with E-state index in [4.69, 9.17) is 4.74 Å². The lowest BCUT2D eigenvalue weighted by atomic mass is 9.91. The number of ether oxygens (including phenoxy) is 2. The highest BCUT2D eigenvalue weighted by atomic mass is 32.2.